The van der Waals surface area contributed by atoms with Crippen LogP contribution in [-0.4, -0.2) is 12.7 Å². The van der Waals surface area contributed by atoms with Gasteiger partial charge in [-0.2, -0.15) is 0 Å². The predicted octanol–water partition coefficient (Wildman–Crippen LogP) is 2.24. The van der Waals surface area contributed by atoms with Gasteiger partial charge in [0.1, 0.15) is 6.61 Å². The fraction of sp³-hybridized carbons (Fsp3) is 0.667. The van der Waals surface area contributed by atoms with Gasteiger partial charge in [-0.15, -0.1) is 6.42 Å². The Balaban J connectivity index is 1.88. The lowest BCUT2D eigenvalue weighted by Crippen LogP contribution is -2.24. The molecule has 4 unspecified atom stereocenters. The third-order valence-electron chi connectivity index (χ3n) is 3.36. The summed E-state index contributed by atoms with van der Waals surface area (Å²) < 4.78 is 5.56. The Morgan fingerprint density at radius 2 is 2.38 bits per heavy atom. The molecule has 4 atom stereocenters. The molecule has 13 heavy (non-hydrogen) atoms. The van der Waals surface area contributed by atoms with Crippen LogP contribution in [0.25, 0.3) is 0 Å². The molecule has 2 aliphatic carbocycles. The molecular weight excluding hydrogens is 160 g/mol. The standard InChI is InChI=1S/C12H16O/c1-3-6-13-9(2)12-8-10-4-5-11(12)7-10/h1,4-5,9-12H,6-8H2,2H3. The van der Waals surface area contributed by atoms with Crippen LogP contribution in [0.3, 0.4) is 0 Å². The molecule has 0 heterocycles. The quantitative estimate of drug-likeness (QED) is 0.473. The van der Waals surface area contributed by atoms with E-state index in [1.807, 2.05) is 0 Å². The smallest absolute Gasteiger partial charge is 0.107 e. The van der Waals surface area contributed by atoms with Crippen molar-refractivity contribution in [3.05, 3.63) is 12.2 Å². The van der Waals surface area contributed by atoms with Crippen molar-refractivity contribution in [1.29, 1.82) is 0 Å². The van der Waals surface area contributed by atoms with Crippen molar-refractivity contribution in [3.8, 4) is 12.3 Å². The Kier molecular flexibility index (Phi) is 2.42. The molecule has 2 aliphatic rings. The number of ether oxygens (including phenoxy) is 1. The molecule has 0 aliphatic heterocycles. The van der Waals surface area contributed by atoms with Crippen LogP contribution >= 0.6 is 0 Å². The molecule has 0 amide bonds. The van der Waals surface area contributed by atoms with Crippen molar-refractivity contribution in [1.82, 2.24) is 0 Å². The Morgan fingerprint density at radius 1 is 1.54 bits per heavy atom. The maximum atomic E-state index is 5.56. The normalized spacial score (nSPS) is 37.7. The highest BCUT2D eigenvalue weighted by Gasteiger charge is 2.38. The number of fused-ring (bicyclic) bond motifs is 2. The molecule has 1 nitrogen and oxygen atoms in total. The third-order valence-corrected chi connectivity index (χ3v) is 3.36. The van der Waals surface area contributed by atoms with Crippen LogP contribution < -0.4 is 0 Å². The van der Waals surface area contributed by atoms with Gasteiger partial charge in [0.05, 0.1) is 6.10 Å². The first-order chi connectivity index (χ1) is 6.31. The lowest BCUT2D eigenvalue weighted by atomic mass is 9.89. The molecule has 0 aromatic heterocycles. The highest BCUT2D eigenvalue weighted by atomic mass is 16.5. The van der Waals surface area contributed by atoms with Gasteiger partial charge in [0.2, 0.25) is 0 Å². The minimum atomic E-state index is 0.330. The van der Waals surface area contributed by atoms with E-state index >= 15 is 0 Å². The van der Waals surface area contributed by atoms with Crippen LogP contribution in [0.15, 0.2) is 12.2 Å². The Labute approximate surface area is 80.2 Å². The molecule has 70 valence electrons. The molecule has 0 aromatic carbocycles. The monoisotopic (exact) mass is 176 g/mol. The zero-order valence-corrected chi connectivity index (χ0v) is 8.07. The number of rotatable bonds is 3. The molecule has 1 saturated carbocycles. The van der Waals surface area contributed by atoms with Gasteiger partial charge in [0.15, 0.2) is 0 Å². The van der Waals surface area contributed by atoms with Gasteiger partial charge < -0.3 is 4.74 Å². The van der Waals surface area contributed by atoms with Crippen molar-refractivity contribution < 1.29 is 4.74 Å². The van der Waals surface area contributed by atoms with Crippen molar-refractivity contribution in [3.63, 3.8) is 0 Å². The molecule has 1 heteroatoms. The molecule has 0 spiro atoms. The van der Waals surface area contributed by atoms with Crippen molar-refractivity contribution in [2.24, 2.45) is 17.8 Å². The van der Waals surface area contributed by atoms with Gasteiger partial charge in [-0.25, -0.2) is 0 Å². The summed E-state index contributed by atoms with van der Waals surface area (Å²) in [5.41, 5.74) is 0. The summed E-state index contributed by atoms with van der Waals surface area (Å²) in [4.78, 5) is 0. The number of allylic oxidation sites excluding steroid dienone is 2. The molecule has 2 rings (SSSR count). The molecule has 0 radical (unpaired) electrons. The maximum Gasteiger partial charge on any atom is 0.107 e. The van der Waals surface area contributed by atoms with Gasteiger partial charge in [0, 0.05) is 0 Å². The summed E-state index contributed by atoms with van der Waals surface area (Å²) in [6.07, 6.45) is 12.8. The van der Waals surface area contributed by atoms with Gasteiger partial charge in [0.25, 0.3) is 0 Å². The average molecular weight is 176 g/mol. The summed E-state index contributed by atoms with van der Waals surface area (Å²) in [6.45, 7) is 2.61. The zero-order chi connectivity index (χ0) is 9.26. The number of hydrogen-bond donors (Lipinski definition) is 0. The highest BCUT2D eigenvalue weighted by Crippen LogP contribution is 2.45. The van der Waals surface area contributed by atoms with Crippen LogP contribution in [0, 0.1) is 30.1 Å². The fourth-order valence-electron chi connectivity index (χ4n) is 2.67. The molecule has 0 aromatic rings. The molecule has 1 fully saturated rings. The van der Waals surface area contributed by atoms with Crippen molar-refractivity contribution in [2.45, 2.75) is 25.9 Å². The van der Waals surface area contributed by atoms with Crippen molar-refractivity contribution in [2.75, 3.05) is 6.61 Å². The van der Waals surface area contributed by atoms with Gasteiger partial charge in [-0.05, 0) is 37.5 Å². The first-order valence-electron chi connectivity index (χ1n) is 5.04. The summed E-state index contributed by atoms with van der Waals surface area (Å²) in [5.74, 6) is 4.82. The van der Waals surface area contributed by atoms with E-state index in [2.05, 4.69) is 25.0 Å². The lowest BCUT2D eigenvalue weighted by molar-refractivity contribution is 0.0366. The van der Waals surface area contributed by atoms with Crippen LogP contribution in [0.4, 0.5) is 0 Å². The lowest BCUT2D eigenvalue weighted by Gasteiger charge is -2.24. The Bertz CT molecular complexity index is 248. The van der Waals surface area contributed by atoms with Crippen LogP contribution in [0.1, 0.15) is 19.8 Å². The van der Waals surface area contributed by atoms with E-state index in [0.29, 0.717) is 18.6 Å². The SMILES string of the molecule is C#CCOC(C)C1CC2C=CC1C2. The predicted molar refractivity (Wildman–Crippen MR) is 53.1 cm³/mol. The van der Waals surface area contributed by atoms with E-state index in [4.69, 9.17) is 11.2 Å². The molecule has 0 N–H and O–H groups in total. The van der Waals surface area contributed by atoms with Crippen LogP contribution in [0.2, 0.25) is 0 Å². The molecule has 0 saturated heterocycles. The van der Waals surface area contributed by atoms with E-state index < -0.39 is 0 Å². The Morgan fingerprint density at radius 3 is 2.92 bits per heavy atom. The summed E-state index contributed by atoms with van der Waals surface area (Å²) in [5, 5.41) is 0. The summed E-state index contributed by atoms with van der Waals surface area (Å²) >= 11 is 0. The second-order valence-electron chi connectivity index (χ2n) is 4.16. The number of hydrogen-bond acceptors (Lipinski definition) is 1. The van der Waals surface area contributed by atoms with E-state index in [0.717, 1.165) is 11.8 Å². The molecule has 2 bridgehead atoms. The van der Waals surface area contributed by atoms with Crippen LogP contribution in [-0.2, 0) is 4.74 Å². The minimum Gasteiger partial charge on any atom is -0.366 e. The van der Waals surface area contributed by atoms with Crippen LogP contribution in [0.5, 0.6) is 0 Å². The van der Waals surface area contributed by atoms with Gasteiger partial charge in [-0.1, -0.05) is 18.1 Å². The van der Waals surface area contributed by atoms with E-state index in [9.17, 15) is 0 Å². The van der Waals surface area contributed by atoms with Gasteiger partial charge in [-0.3, -0.25) is 0 Å². The van der Waals surface area contributed by atoms with Gasteiger partial charge >= 0.3 is 0 Å². The van der Waals surface area contributed by atoms with E-state index in [1.165, 1.54) is 12.8 Å². The highest BCUT2D eigenvalue weighted by molar-refractivity contribution is 5.11. The Hall–Kier alpha value is -0.740. The zero-order valence-electron chi connectivity index (χ0n) is 8.07. The minimum absolute atomic E-state index is 0.330. The maximum absolute atomic E-state index is 5.56. The number of terminal acetylenes is 1. The van der Waals surface area contributed by atoms with E-state index in [-0.39, 0.29) is 0 Å². The van der Waals surface area contributed by atoms with E-state index in [1.54, 1.807) is 0 Å². The topological polar surface area (TPSA) is 9.23 Å². The fourth-order valence-corrected chi connectivity index (χ4v) is 2.67. The average Bonchev–Trinajstić information content (AvgIpc) is 2.74. The largest absolute Gasteiger partial charge is 0.366 e. The van der Waals surface area contributed by atoms with Crippen molar-refractivity contribution >= 4 is 0 Å². The first-order valence-corrected chi connectivity index (χ1v) is 5.04. The second kappa shape index (κ2) is 3.55. The summed E-state index contributed by atoms with van der Waals surface area (Å²) in [6, 6.07) is 0. The third kappa shape index (κ3) is 1.64. The summed E-state index contributed by atoms with van der Waals surface area (Å²) in [7, 11) is 0. The second-order valence-corrected chi connectivity index (χ2v) is 4.16. The molecular formula is C12H16O. The first kappa shape index (κ1) is 8.84.